The molecule has 7 rings (SSSR count). The molecule has 0 radical (unpaired) electrons. The smallest absolute Gasteiger partial charge is 0.174 e. The second-order valence-corrected chi connectivity index (χ2v) is 12.2. The Hall–Kier alpha value is -1.84. The van der Waals surface area contributed by atoms with Crippen LogP contribution in [0, 0.1) is 5.92 Å². The molecule has 2 aromatic rings. The number of rotatable bonds is 7. The molecule has 2 aliphatic carbocycles. The Morgan fingerprint density at radius 1 is 1.21 bits per heavy atom. The van der Waals surface area contributed by atoms with E-state index in [1.807, 2.05) is 6.07 Å². The number of aryl methyl sites for hydroxylation is 1. The lowest BCUT2D eigenvalue weighted by molar-refractivity contribution is -0.947. The molecule has 38 heavy (non-hydrogen) atoms. The Morgan fingerprint density at radius 2 is 2.05 bits per heavy atom. The molecule has 6 atom stereocenters. The second kappa shape index (κ2) is 9.97. The fourth-order valence-corrected chi connectivity index (χ4v) is 8.55. The van der Waals surface area contributed by atoms with Crippen molar-refractivity contribution >= 4 is 5.78 Å². The van der Waals surface area contributed by atoms with Gasteiger partial charge in [-0.1, -0.05) is 30.3 Å². The van der Waals surface area contributed by atoms with E-state index in [-0.39, 0.29) is 40.9 Å². The number of quaternary nitrogens is 1. The molecule has 1 N–H and O–H groups in total. The van der Waals surface area contributed by atoms with Crippen molar-refractivity contribution in [2.45, 2.75) is 75.0 Å². The summed E-state index contributed by atoms with van der Waals surface area (Å²) >= 11 is 0. The maximum absolute atomic E-state index is 13.2. The summed E-state index contributed by atoms with van der Waals surface area (Å²) in [4.78, 5) is 13.2. The highest BCUT2D eigenvalue weighted by molar-refractivity contribution is 5.89. The van der Waals surface area contributed by atoms with Crippen LogP contribution in [0.1, 0.15) is 55.2 Å². The molecule has 2 saturated heterocycles. The molecule has 5 aliphatic rings. The van der Waals surface area contributed by atoms with E-state index in [0.717, 1.165) is 80.4 Å². The Bertz CT molecular complexity index is 1210. The van der Waals surface area contributed by atoms with Crippen LogP contribution >= 0.6 is 0 Å². The summed E-state index contributed by atoms with van der Waals surface area (Å²) in [5.41, 5.74) is 3.23. The summed E-state index contributed by atoms with van der Waals surface area (Å²) < 4.78 is 19.9. The lowest BCUT2D eigenvalue weighted by atomic mass is 9.51. The van der Waals surface area contributed by atoms with Gasteiger partial charge in [-0.05, 0) is 37.7 Å². The Balaban J connectivity index is 0.00000264. The van der Waals surface area contributed by atoms with E-state index in [4.69, 9.17) is 14.2 Å². The fourth-order valence-electron chi connectivity index (χ4n) is 8.55. The second-order valence-electron chi connectivity index (χ2n) is 12.2. The fraction of sp³-hybridized carbons (Fsp3) is 0.581. The number of hydrogen-bond acceptors (Lipinski definition) is 5. The van der Waals surface area contributed by atoms with Crippen LogP contribution in [0.3, 0.4) is 0 Å². The first-order valence-electron chi connectivity index (χ1n) is 14.2. The van der Waals surface area contributed by atoms with Gasteiger partial charge in [0.2, 0.25) is 0 Å². The molecule has 7 heteroatoms. The van der Waals surface area contributed by atoms with E-state index in [9.17, 15) is 9.90 Å². The zero-order valence-corrected chi connectivity index (χ0v) is 24.3. The van der Waals surface area contributed by atoms with Gasteiger partial charge in [-0.3, -0.25) is 4.79 Å². The molecule has 6 nitrogen and oxygen atoms in total. The van der Waals surface area contributed by atoms with E-state index < -0.39 is 6.10 Å². The maximum Gasteiger partial charge on any atom is 0.174 e. The third-order valence-corrected chi connectivity index (χ3v) is 10.2. The van der Waals surface area contributed by atoms with Gasteiger partial charge in [0, 0.05) is 49.0 Å². The lowest BCUT2D eigenvalue weighted by Gasteiger charge is -2.60. The Labute approximate surface area is 242 Å². The molecule has 0 aromatic heterocycles. The Kier molecular flexibility index (Phi) is 6.92. The van der Waals surface area contributed by atoms with Crippen molar-refractivity contribution in [2.75, 3.05) is 33.4 Å². The number of likely N-dealkylation sites (N-methyl/N-ethyl adjacent to an activating group) is 1. The Morgan fingerprint density at radius 3 is 2.84 bits per heavy atom. The average molecular weight is 632 g/mol. The number of benzene rings is 2. The van der Waals surface area contributed by atoms with E-state index >= 15 is 0 Å². The number of carbonyl (C=O) groups is 1. The molecule has 1 saturated carbocycles. The molecule has 2 bridgehead atoms. The molecule has 0 unspecified atom stereocenters. The highest BCUT2D eigenvalue weighted by atomic mass is 127. The minimum Gasteiger partial charge on any atom is -1.00 e. The van der Waals surface area contributed by atoms with Crippen molar-refractivity contribution in [3.63, 3.8) is 0 Å². The predicted molar refractivity (Wildman–Crippen MR) is 139 cm³/mol. The van der Waals surface area contributed by atoms with Crippen molar-refractivity contribution in [2.24, 2.45) is 5.92 Å². The summed E-state index contributed by atoms with van der Waals surface area (Å²) in [6.07, 6.45) is 7.29. The van der Waals surface area contributed by atoms with E-state index in [1.165, 1.54) is 11.1 Å². The minimum absolute atomic E-state index is 0. The number of hydrogen-bond donors (Lipinski definition) is 1. The normalized spacial score (nSPS) is 34.3. The quantitative estimate of drug-likeness (QED) is 0.284. The molecular weight excluding hydrogens is 593 g/mol. The summed E-state index contributed by atoms with van der Waals surface area (Å²) in [6.45, 7) is 3.51. The van der Waals surface area contributed by atoms with Crippen molar-refractivity contribution in [1.82, 2.24) is 0 Å². The summed E-state index contributed by atoms with van der Waals surface area (Å²) in [7, 11) is 2.41. The standard InChI is InChI=1S/C31H37NO5.HI/c1-32(19-21-10-6-15-35-21)14-13-31-23-11-12-25(33)30(31)37-29-26(34)18-27(22(28(29)31)17-24(23)32)36-16-5-9-20-7-3-2-4-8-20;/h2-4,7-8,18,21,23-24,30H,5-6,9-17,19H2,1H3;1H/t21-,23+,24-,30+,31+,32-;/m1./s1. The van der Waals surface area contributed by atoms with E-state index in [2.05, 4.69) is 31.3 Å². The summed E-state index contributed by atoms with van der Waals surface area (Å²) in [5, 5.41) is 11.1. The number of nitrogens with zero attached hydrogens (tertiary/aromatic N) is 1. The number of ether oxygens (including phenoxy) is 3. The van der Waals surface area contributed by atoms with Gasteiger partial charge in [-0.15, -0.1) is 0 Å². The molecule has 1 spiro atoms. The van der Waals surface area contributed by atoms with Gasteiger partial charge < -0.3 is 47.8 Å². The van der Waals surface area contributed by atoms with Gasteiger partial charge in [0.25, 0.3) is 0 Å². The van der Waals surface area contributed by atoms with Crippen molar-refractivity contribution in [1.29, 1.82) is 0 Å². The van der Waals surface area contributed by atoms with Gasteiger partial charge >= 0.3 is 0 Å². The monoisotopic (exact) mass is 631 g/mol. The molecule has 2 aromatic carbocycles. The first-order chi connectivity index (χ1) is 18.0. The van der Waals surface area contributed by atoms with Gasteiger partial charge in [0.1, 0.15) is 18.4 Å². The van der Waals surface area contributed by atoms with Crippen LogP contribution in [-0.2, 0) is 27.8 Å². The number of halogens is 1. The molecular formula is C31H38INO5. The van der Waals surface area contributed by atoms with Crippen LogP contribution in [0.2, 0.25) is 0 Å². The topological polar surface area (TPSA) is 65.0 Å². The largest absolute Gasteiger partial charge is 1.00 e. The third-order valence-electron chi connectivity index (χ3n) is 10.2. The van der Waals surface area contributed by atoms with E-state index in [0.29, 0.717) is 36.8 Å². The summed E-state index contributed by atoms with van der Waals surface area (Å²) in [6, 6.07) is 12.6. The molecule has 3 heterocycles. The van der Waals surface area contributed by atoms with Gasteiger partial charge in [0.15, 0.2) is 23.4 Å². The van der Waals surface area contributed by atoms with Crippen LogP contribution in [0.4, 0.5) is 0 Å². The van der Waals surface area contributed by atoms with Gasteiger partial charge in [-0.2, -0.15) is 0 Å². The van der Waals surface area contributed by atoms with Crippen molar-refractivity contribution < 1.29 is 52.6 Å². The molecule has 3 aliphatic heterocycles. The van der Waals surface area contributed by atoms with Gasteiger partial charge in [0.05, 0.1) is 31.7 Å². The molecule has 204 valence electrons. The summed E-state index contributed by atoms with van der Waals surface area (Å²) in [5.74, 6) is 2.01. The number of likely N-dealkylation sites (tertiary alicyclic amines) is 1. The first kappa shape index (κ1) is 26.4. The van der Waals surface area contributed by atoms with Crippen molar-refractivity contribution in [3.8, 4) is 17.2 Å². The SMILES string of the molecule is C[N@+]1(C[C@H]2CCCO2)CC[C@]23c4c5c(OCCCc6ccccc6)cc(O)c4O[C@H]2C(=O)CC[C@H]3[C@H]1C5.[I-]. The zero-order valence-electron chi connectivity index (χ0n) is 22.2. The van der Waals surface area contributed by atoms with E-state index in [1.54, 1.807) is 6.07 Å². The van der Waals surface area contributed by atoms with Crippen LogP contribution in [0.15, 0.2) is 36.4 Å². The maximum atomic E-state index is 13.2. The zero-order chi connectivity index (χ0) is 25.2. The number of piperidine rings is 1. The highest BCUT2D eigenvalue weighted by Crippen LogP contribution is 2.65. The third kappa shape index (κ3) is 3.98. The van der Waals surface area contributed by atoms with Crippen LogP contribution < -0.4 is 33.5 Å². The predicted octanol–water partition coefficient (Wildman–Crippen LogP) is 1.34. The number of phenolic OH excluding ortho intramolecular Hbond substituents is 1. The van der Waals surface area contributed by atoms with Crippen LogP contribution in [-0.4, -0.2) is 67.0 Å². The minimum atomic E-state index is -0.474. The molecule has 0 amide bonds. The van der Waals surface area contributed by atoms with Crippen LogP contribution in [0.25, 0.3) is 0 Å². The van der Waals surface area contributed by atoms with Gasteiger partial charge in [-0.25, -0.2) is 0 Å². The lowest BCUT2D eigenvalue weighted by Crippen LogP contribution is -3.00. The van der Waals surface area contributed by atoms with Crippen LogP contribution in [0.5, 0.6) is 17.2 Å². The number of ketones is 1. The number of Topliss-reactive ketones (excluding diaryl/α,β-unsaturated/α-hetero) is 1. The number of aromatic hydroxyl groups is 1. The average Bonchev–Trinajstić information content (AvgIpc) is 3.53. The number of phenols is 1. The number of carbonyl (C=O) groups excluding carboxylic acids is 1. The van der Waals surface area contributed by atoms with Crippen molar-refractivity contribution in [3.05, 3.63) is 53.1 Å². The molecule has 3 fully saturated rings. The first-order valence-corrected chi connectivity index (χ1v) is 14.2. The highest BCUT2D eigenvalue weighted by Gasteiger charge is 2.69.